The first-order chi connectivity index (χ1) is 13.0. The Morgan fingerprint density at radius 3 is 2.70 bits per heavy atom. The third kappa shape index (κ3) is 3.43. The first-order valence-corrected chi connectivity index (χ1v) is 9.85. The number of nitrogens with zero attached hydrogens (tertiary/aromatic N) is 1. The molecule has 0 saturated heterocycles. The van der Waals surface area contributed by atoms with Gasteiger partial charge in [0.25, 0.3) is 0 Å². The minimum absolute atomic E-state index is 0.0347. The number of carbonyl (C=O) groups excluding carboxylic acids is 2. The molecule has 0 bridgehead atoms. The van der Waals surface area contributed by atoms with Crippen LogP contribution in [0, 0.1) is 5.92 Å². The number of phenolic OH excluding ortho intramolecular Hbond substituents is 1. The third-order valence-corrected chi connectivity index (χ3v) is 5.90. The number of aliphatic imine (C=N–C) groups is 1. The number of Topliss-reactive ketones (excluding diaryl/α,β-unsaturated/α-hetero) is 1. The van der Waals surface area contributed by atoms with Crippen LogP contribution in [0.3, 0.4) is 0 Å². The van der Waals surface area contributed by atoms with Crippen molar-refractivity contribution >= 4 is 17.5 Å². The van der Waals surface area contributed by atoms with Crippen molar-refractivity contribution in [1.82, 2.24) is 0 Å². The van der Waals surface area contributed by atoms with Crippen LogP contribution in [0.15, 0.2) is 40.5 Å². The van der Waals surface area contributed by atoms with Gasteiger partial charge >= 0.3 is 5.97 Å². The average molecular weight is 367 g/mol. The van der Waals surface area contributed by atoms with Crippen molar-refractivity contribution in [3.05, 3.63) is 41.1 Å². The molecule has 1 aliphatic heterocycles. The molecule has 1 heterocycles. The predicted octanol–water partition coefficient (Wildman–Crippen LogP) is 4.06. The Bertz CT molecular complexity index is 832. The lowest BCUT2D eigenvalue weighted by atomic mass is 9.71. The van der Waals surface area contributed by atoms with Gasteiger partial charge in [-0.2, -0.15) is 0 Å². The second kappa shape index (κ2) is 7.29. The van der Waals surface area contributed by atoms with Crippen LogP contribution in [-0.2, 0) is 14.3 Å². The maximum absolute atomic E-state index is 13.1. The molecule has 5 nitrogen and oxygen atoms in total. The van der Waals surface area contributed by atoms with Gasteiger partial charge in [0, 0.05) is 29.3 Å². The summed E-state index contributed by atoms with van der Waals surface area (Å²) in [6, 6.07) is 6.85. The Labute approximate surface area is 159 Å². The molecule has 1 unspecified atom stereocenters. The van der Waals surface area contributed by atoms with E-state index in [2.05, 4.69) is 4.99 Å². The van der Waals surface area contributed by atoms with E-state index < -0.39 is 11.8 Å². The smallest absolute Gasteiger partial charge is 0.315 e. The van der Waals surface area contributed by atoms with Gasteiger partial charge < -0.3 is 9.84 Å². The van der Waals surface area contributed by atoms with Gasteiger partial charge in [-0.1, -0.05) is 12.1 Å². The molecule has 2 aliphatic carbocycles. The number of ether oxygens (including phenoxy) is 1. The predicted molar refractivity (Wildman–Crippen MR) is 102 cm³/mol. The molecule has 142 valence electrons. The van der Waals surface area contributed by atoms with Gasteiger partial charge in [-0.15, -0.1) is 0 Å². The lowest BCUT2D eigenvalue weighted by Crippen LogP contribution is -2.38. The number of phenols is 1. The Kier molecular flexibility index (Phi) is 4.85. The van der Waals surface area contributed by atoms with Gasteiger partial charge in [-0.3, -0.25) is 14.6 Å². The summed E-state index contributed by atoms with van der Waals surface area (Å²) in [6.07, 6.45) is 5.95. The number of aromatic hydroxyl groups is 1. The molecule has 27 heavy (non-hydrogen) atoms. The molecular weight excluding hydrogens is 342 g/mol. The van der Waals surface area contributed by atoms with Gasteiger partial charge in [0.05, 0.1) is 0 Å². The number of esters is 1. The Hall–Kier alpha value is -2.43. The Balaban J connectivity index is 1.76. The molecule has 5 heteroatoms. The van der Waals surface area contributed by atoms with Crippen LogP contribution in [0.25, 0.3) is 0 Å². The summed E-state index contributed by atoms with van der Waals surface area (Å²) in [5.74, 6) is -1.18. The second-order valence-corrected chi connectivity index (χ2v) is 7.78. The lowest BCUT2D eigenvalue weighted by Gasteiger charge is -2.35. The summed E-state index contributed by atoms with van der Waals surface area (Å²) in [4.78, 5) is 30.5. The van der Waals surface area contributed by atoms with E-state index in [0.29, 0.717) is 17.7 Å². The van der Waals surface area contributed by atoms with Crippen LogP contribution in [-0.4, -0.2) is 28.7 Å². The van der Waals surface area contributed by atoms with Crippen molar-refractivity contribution < 1.29 is 19.4 Å². The van der Waals surface area contributed by atoms with Crippen molar-refractivity contribution in [1.29, 1.82) is 0 Å². The van der Waals surface area contributed by atoms with E-state index in [-0.39, 0.29) is 23.6 Å². The van der Waals surface area contributed by atoms with Gasteiger partial charge in [-0.05, 0) is 63.1 Å². The summed E-state index contributed by atoms with van der Waals surface area (Å²) in [7, 11) is 0. The van der Waals surface area contributed by atoms with Crippen molar-refractivity contribution in [3.63, 3.8) is 0 Å². The number of hydrogen-bond acceptors (Lipinski definition) is 5. The van der Waals surface area contributed by atoms with Crippen LogP contribution in [0.4, 0.5) is 0 Å². The first kappa shape index (κ1) is 18.0. The number of hydrogen-bond donors (Lipinski definition) is 1. The molecule has 1 fully saturated rings. The zero-order valence-corrected chi connectivity index (χ0v) is 15.6. The molecule has 1 N–H and O–H groups in total. The van der Waals surface area contributed by atoms with Gasteiger partial charge in [0.2, 0.25) is 0 Å². The van der Waals surface area contributed by atoms with Crippen LogP contribution < -0.4 is 0 Å². The largest absolute Gasteiger partial charge is 0.508 e. The van der Waals surface area contributed by atoms with E-state index >= 15 is 0 Å². The van der Waals surface area contributed by atoms with E-state index in [9.17, 15) is 14.7 Å². The van der Waals surface area contributed by atoms with E-state index in [1.165, 1.54) is 0 Å². The van der Waals surface area contributed by atoms with E-state index in [0.717, 1.165) is 49.8 Å². The molecule has 1 aromatic carbocycles. The summed E-state index contributed by atoms with van der Waals surface area (Å²) in [5, 5.41) is 9.98. The highest BCUT2D eigenvalue weighted by molar-refractivity contribution is 6.08. The molecule has 1 aromatic rings. The number of benzene rings is 1. The van der Waals surface area contributed by atoms with E-state index in [1.807, 2.05) is 13.0 Å². The highest BCUT2D eigenvalue weighted by Crippen LogP contribution is 2.44. The molecule has 0 amide bonds. The van der Waals surface area contributed by atoms with Gasteiger partial charge in [0.1, 0.15) is 17.8 Å². The molecule has 2 atom stereocenters. The number of carbonyl (C=O) groups is 2. The topological polar surface area (TPSA) is 76.0 Å². The number of ketones is 1. The fourth-order valence-corrected chi connectivity index (χ4v) is 4.63. The molecular formula is C22H25NO4. The Morgan fingerprint density at radius 2 is 1.96 bits per heavy atom. The standard InChI is InChI=1S/C22H25NO4/c1-13-19(22(26)27-16-8-2-3-9-16)20(14-6-4-7-15(24)12-14)21-17(23-13)10-5-11-18(21)25/h4,6-7,12,16,19-20,24H,2-3,5,8-11H2,1H3/t19?,20-/m1/s1. The van der Waals surface area contributed by atoms with Crippen LogP contribution in [0.5, 0.6) is 5.75 Å². The monoisotopic (exact) mass is 367 g/mol. The van der Waals surface area contributed by atoms with Gasteiger partial charge in [-0.25, -0.2) is 0 Å². The van der Waals surface area contributed by atoms with Crippen LogP contribution >= 0.6 is 0 Å². The van der Waals surface area contributed by atoms with Crippen LogP contribution in [0.1, 0.15) is 63.4 Å². The SMILES string of the molecule is CC1=NC2=C(C(=O)CCC2)[C@H](c2cccc(O)c2)C1C(=O)OC1CCCC1. The van der Waals surface area contributed by atoms with Crippen molar-refractivity contribution in [3.8, 4) is 5.75 Å². The normalized spacial score (nSPS) is 26.0. The fraction of sp³-hybridized carbons (Fsp3) is 0.500. The summed E-state index contributed by atoms with van der Waals surface area (Å²) in [6.45, 7) is 1.85. The van der Waals surface area contributed by atoms with Crippen molar-refractivity contribution in [2.24, 2.45) is 10.9 Å². The molecule has 3 aliphatic rings. The zero-order chi connectivity index (χ0) is 19.0. The fourth-order valence-electron chi connectivity index (χ4n) is 4.63. The van der Waals surface area contributed by atoms with E-state index in [4.69, 9.17) is 4.74 Å². The lowest BCUT2D eigenvalue weighted by molar-refractivity contribution is -0.151. The second-order valence-electron chi connectivity index (χ2n) is 7.78. The highest BCUT2D eigenvalue weighted by atomic mass is 16.5. The molecule has 0 aromatic heterocycles. The highest BCUT2D eigenvalue weighted by Gasteiger charge is 2.43. The molecule has 0 radical (unpaired) electrons. The maximum atomic E-state index is 13.1. The summed E-state index contributed by atoms with van der Waals surface area (Å²) >= 11 is 0. The van der Waals surface area contributed by atoms with Gasteiger partial charge in [0.15, 0.2) is 5.78 Å². The summed E-state index contributed by atoms with van der Waals surface area (Å²) < 4.78 is 5.80. The first-order valence-electron chi connectivity index (χ1n) is 9.85. The average Bonchev–Trinajstić information content (AvgIpc) is 3.13. The number of allylic oxidation sites excluding steroid dienone is 2. The quantitative estimate of drug-likeness (QED) is 0.818. The maximum Gasteiger partial charge on any atom is 0.315 e. The van der Waals surface area contributed by atoms with Crippen LogP contribution in [0.2, 0.25) is 0 Å². The minimum Gasteiger partial charge on any atom is -0.508 e. The summed E-state index contributed by atoms with van der Waals surface area (Å²) in [5.41, 5.74) is 2.88. The van der Waals surface area contributed by atoms with Crippen molar-refractivity contribution in [2.45, 2.75) is 63.9 Å². The molecule has 4 rings (SSSR count). The molecule has 0 spiro atoms. The van der Waals surface area contributed by atoms with E-state index in [1.54, 1.807) is 18.2 Å². The zero-order valence-electron chi connectivity index (χ0n) is 15.6. The molecule has 1 saturated carbocycles. The van der Waals surface area contributed by atoms with Crippen molar-refractivity contribution in [2.75, 3.05) is 0 Å². The Morgan fingerprint density at radius 1 is 1.19 bits per heavy atom. The minimum atomic E-state index is -0.617. The number of rotatable bonds is 3. The third-order valence-electron chi connectivity index (χ3n) is 5.90.